The molecule has 1 saturated carbocycles. The van der Waals surface area contributed by atoms with E-state index in [0.29, 0.717) is 18.3 Å². The minimum absolute atomic E-state index is 0.454. The molecule has 0 saturated heterocycles. The van der Waals surface area contributed by atoms with Crippen molar-refractivity contribution in [3.8, 4) is 0 Å². The second-order valence-electron chi connectivity index (χ2n) is 11.3. The first kappa shape index (κ1) is 46.7. The third-order valence-corrected chi connectivity index (χ3v) is 6.98. The van der Waals surface area contributed by atoms with Gasteiger partial charge in [0.15, 0.2) is 0 Å². The lowest BCUT2D eigenvalue weighted by molar-refractivity contribution is 0.0710. The minimum atomic E-state index is 0.454. The summed E-state index contributed by atoms with van der Waals surface area (Å²) in [5, 5.41) is 0. The van der Waals surface area contributed by atoms with Crippen LogP contribution >= 0.6 is 0 Å². The van der Waals surface area contributed by atoms with Gasteiger partial charge in [-0.3, -0.25) is 0 Å². The van der Waals surface area contributed by atoms with Crippen molar-refractivity contribution in [3.05, 3.63) is 0 Å². The Kier molecular flexibility index (Phi) is 50.6. The largest absolute Gasteiger partial charge is 0.385 e. The summed E-state index contributed by atoms with van der Waals surface area (Å²) in [7, 11) is 8.87. The number of unbranched alkanes of at least 4 members (excludes halogenated alkanes) is 4. The smallest absolute Gasteiger partial charge is 0.0571 e. The van der Waals surface area contributed by atoms with Gasteiger partial charge in [0.2, 0.25) is 0 Å². The molecule has 2 unspecified atom stereocenters. The summed E-state index contributed by atoms with van der Waals surface area (Å²) in [6.07, 6.45) is 23.3. The number of methoxy groups -OCH3 is 5. The van der Waals surface area contributed by atoms with Crippen LogP contribution in [0.25, 0.3) is 0 Å². The van der Waals surface area contributed by atoms with Gasteiger partial charge in [-0.2, -0.15) is 0 Å². The van der Waals surface area contributed by atoms with Gasteiger partial charge in [0.1, 0.15) is 0 Å². The monoisotopic (exact) mass is 579 g/mol. The summed E-state index contributed by atoms with van der Waals surface area (Å²) in [6.45, 7) is 17.2. The second kappa shape index (κ2) is 43.3. The molecule has 0 aliphatic heterocycles. The maximum Gasteiger partial charge on any atom is 0.0571 e. The van der Waals surface area contributed by atoms with Crippen molar-refractivity contribution < 1.29 is 23.7 Å². The molecule has 0 spiro atoms. The lowest BCUT2D eigenvalue weighted by Crippen LogP contribution is -2.13. The summed E-state index contributed by atoms with van der Waals surface area (Å²) >= 11 is 0. The van der Waals surface area contributed by atoms with Crippen LogP contribution in [0.3, 0.4) is 0 Å². The molecular formula is C35H78O5. The van der Waals surface area contributed by atoms with E-state index >= 15 is 0 Å². The summed E-state index contributed by atoms with van der Waals surface area (Å²) < 4.78 is 25.2. The molecule has 0 amide bonds. The molecule has 1 aliphatic rings. The van der Waals surface area contributed by atoms with Crippen LogP contribution in [0, 0.1) is 5.92 Å². The van der Waals surface area contributed by atoms with Crippen molar-refractivity contribution >= 4 is 0 Å². The highest BCUT2D eigenvalue weighted by atomic mass is 16.5. The zero-order chi connectivity index (χ0) is 31.3. The third-order valence-electron chi connectivity index (χ3n) is 6.98. The van der Waals surface area contributed by atoms with Gasteiger partial charge in [-0.05, 0) is 64.2 Å². The van der Waals surface area contributed by atoms with E-state index in [-0.39, 0.29) is 0 Å². The molecule has 0 aromatic carbocycles. The van der Waals surface area contributed by atoms with E-state index < -0.39 is 0 Å². The summed E-state index contributed by atoms with van der Waals surface area (Å²) in [5.74, 6) is 0.824. The Morgan fingerprint density at radius 2 is 1.15 bits per heavy atom. The molecule has 0 radical (unpaired) electrons. The maximum absolute atomic E-state index is 5.19. The Labute approximate surface area is 254 Å². The first-order chi connectivity index (χ1) is 19.3. The molecule has 1 fully saturated rings. The summed E-state index contributed by atoms with van der Waals surface area (Å²) in [6, 6.07) is 0. The van der Waals surface area contributed by atoms with Crippen molar-refractivity contribution in [1.29, 1.82) is 0 Å². The Hall–Kier alpha value is -0.200. The maximum atomic E-state index is 5.19. The van der Waals surface area contributed by atoms with Crippen molar-refractivity contribution in [1.82, 2.24) is 0 Å². The molecule has 0 heterocycles. The Morgan fingerprint density at radius 3 is 1.50 bits per heavy atom. The van der Waals surface area contributed by atoms with Gasteiger partial charge in [0.25, 0.3) is 0 Å². The van der Waals surface area contributed by atoms with Crippen LogP contribution in [0.15, 0.2) is 0 Å². The SMILES string of the molecule is CCCC(CC)OC.CCCCC(C)OC.CCCCCCOC.COC1CCCCC1.COCCCC(C)C. The normalized spacial score (nSPS) is 14.3. The molecule has 1 aliphatic carbocycles. The molecule has 2 atom stereocenters. The van der Waals surface area contributed by atoms with Crippen molar-refractivity contribution in [3.63, 3.8) is 0 Å². The average molecular weight is 579 g/mol. The lowest BCUT2D eigenvalue weighted by atomic mass is 9.98. The van der Waals surface area contributed by atoms with Crippen molar-refractivity contribution in [2.24, 2.45) is 5.92 Å². The van der Waals surface area contributed by atoms with Crippen LogP contribution in [0.5, 0.6) is 0 Å². The van der Waals surface area contributed by atoms with Crippen LogP contribution < -0.4 is 0 Å². The predicted octanol–water partition coefficient (Wildman–Crippen LogP) is 10.7. The van der Waals surface area contributed by atoms with Gasteiger partial charge >= 0.3 is 0 Å². The highest BCUT2D eigenvalue weighted by molar-refractivity contribution is 4.63. The zero-order valence-corrected chi connectivity index (χ0v) is 29.8. The minimum Gasteiger partial charge on any atom is -0.385 e. The molecule has 5 heteroatoms. The number of hydrogen-bond donors (Lipinski definition) is 0. The number of ether oxygens (including phenoxy) is 5. The quantitative estimate of drug-likeness (QED) is 0.151. The Balaban J connectivity index is -0.000000202. The highest BCUT2D eigenvalue weighted by Gasteiger charge is 2.10. The van der Waals surface area contributed by atoms with Gasteiger partial charge in [-0.25, -0.2) is 0 Å². The second-order valence-corrected chi connectivity index (χ2v) is 11.3. The van der Waals surface area contributed by atoms with Gasteiger partial charge in [0, 0.05) is 48.8 Å². The van der Waals surface area contributed by atoms with Crippen LogP contribution in [-0.2, 0) is 23.7 Å². The third kappa shape index (κ3) is 47.6. The van der Waals surface area contributed by atoms with E-state index in [1.54, 1.807) is 28.4 Å². The van der Waals surface area contributed by atoms with Gasteiger partial charge < -0.3 is 23.7 Å². The van der Waals surface area contributed by atoms with Gasteiger partial charge in [-0.1, -0.05) is 99.3 Å². The van der Waals surface area contributed by atoms with E-state index in [1.807, 2.05) is 7.11 Å². The van der Waals surface area contributed by atoms with E-state index in [4.69, 9.17) is 23.7 Å². The topological polar surface area (TPSA) is 46.2 Å². The lowest BCUT2D eigenvalue weighted by Gasteiger charge is -2.19. The highest BCUT2D eigenvalue weighted by Crippen LogP contribution is 2.19. The standard InChI is InChI=1S/C7H14O.4C7H16O/c1-8-7-5-3-2-4-6-7;1-7(2)5-4-6-8-3;1-4-5-6-7(2)8-3;1-4-6-7(5-2)8-3;1-3-4-5-6-7-8-2/h7H,2-6H2,1H3;3*7H,4-6H2,1-3H3;3-7H2,1-2H3. The molecular weight excluding hydrogens is 500 g/mol. The van der Waals surface area contributed by atoms with Crippen molar-refractivity contribution in [2.75, 3.05) is 48.8 Å². The van der Waals surface area contributed by atoms with Gasteiger partial charge in [0.05, 0.1) is 18.3 Å². The van der Waals surface area contributed by atoms with Crippen LogP contribution in [-0.4, -0.2) is 67.1 Å². The fourth-order valence-corrected chi connectivity index (χ4v) is 4.03. The number of hydrogen-bond acceptors (Lipinski definition) is 5. The molecule has 0 bridgehead atoms. The van der Waals surface area contributed by atoms with Gasteiger partial charge in [-0.15, -0.1) is 0 Å². The predicted molar refractivity (Wildman–Crippen MR) is 178 cm³/mol. The molecule has 0 aromatic rings. The van der Waals surface area contributed by atoms with Crippen LogP contribution in [0.1, 0.15) is 158 Å². The summed E-state index contributed by atoms with van der Waals surface area (Å²) in [5.41, 5.74) is 0. The van der Waals surface area contributed by atoms with E-state index in [0.717, 1.165) is 25.6 Å². The Bertz CT molecular complexity index is 369. The van der Waals surface area contributed by atoms with E-state index in [9.17, 15) is 0 Å². The van der Waals surface area contributed by atoms with Crippen LogP contribution in [0.4, 0.5) is 0 Å². The molecule has 1 rings (SSSR count). The van der Waals surface area contributed by atoms with E-state index in [2.05, 4.69) is 48.5 Å². The average Bonchev–Trinajstić information content (AvgIpc) is 2.98. The summed E-state index contributed by atoms with van der Waals surface area (Å²) in [4.78, 5) is 0. The Morgan fingerprint density at radius 1 is 0.575 bits per heavy atom. The number of rotatable bonds is 18. The van der Waals surface area contributed by atoms with Crippen LogP contribution in [0.2, 0.25) is 0 Å². The molecule has 0 aromatic heterocycles. The molecule has 5 nitrogen and oxygen atoms in total. The molecule has 40 heavy (non-hydrogen) atoms. The first-order valence-corrected chi connectivity index (χ1v) is 16.8. The zero-order valence-electron chi connectivity index (χ0n) is 29.8. The van der Waals surface area contributed by atoms with Crippen molar-refractivity contribution in [2.45, 2.75) is 176 Å². The fourth-order valence-electron chi connectivity index (χ4n) is 4.03. The fraction of sp³-hybridized carbons (Fsp3) is 1.00. The van der Waals surface area contributed by atoms with E-state index in [1.165, 1.54) is 103 Å². The first-order valence-electron chi connectivity index (χ1n) is 16.8. The molecule has 0 N–H and O–H groups in total. The molecule has 248 valence electrons.